The molecule has 96 valence electrons. The molecule has 17 heavy (non-hydrogen) atoms. The lowest BCUT2D eigenvalue weighted by atomic mass is 10.0. The van der Waals surface area contributed by atoms with Gasteiger partial charge in [-0.2, -0.15) is 13.2 Å². The van der Waals surface area contributed by atoms with Crippen LogP contribution >= 0.6 is 0 Å². The van der Waals surface area contributed by atoms with Gasteiger partial charge in [0.15, 0.2) is 0 Å². The molecule has 2 nitrogen and oxygen atoms in total. The largest absolute Gasteiger partial charge is 0.465 e. The van der Waals surface area contributed by atoms with Crippen LogP contribution in [-0.2, 0) is 10.9 Å². The topological polar surface area (TPSA) is 26.3 Å². The summed E-state index contributed by atoms with van der Waals surface area (Å²) in [6.45, 7) is 5.52. The van der Waals surface area contributed by atoms with Crippen molar-refractivity contribution in [2.75, 3.05) is 7.11 Å². The Morgan fingerprint density at radius 3 is 2.18 bits per heavy atom. The molecule has 1 aromatic rings. The van der Waals surface area contributed by atoms with E-state index in [1.54, 1.807) is 0 Å². The van der Waals surface area contributed by atoms with Crippen molar-refractivity contribution in [2.45, 2.75) is 26.9 Å². The molecule has 0 amide bonds. The number of esters is 1. The molecule has 0 bridgehead atoms. The van der Waals surface area contributed by atoms with E-state index in [4.69, 9.17) is 0 Å². The van der Waals surface area contributed by atoms with Crippen molar-refractivity contribution in [1.82, 2.24) is 0 Å². The van der Waals surface area contributed by atoms with Gasteiger partial charge in [-0.15, -0.1) is 0 Å². The van der Waals surface area contributed by atoms with Gasteiger partial charge < -0.3 is 4.74 Å². The van der Waals surface area contributed by atoms with E-state index in [-0.39, 0.29) is 0 Å². The van der Waals surface area contributed by atoms with Crippen molar-refractivity contribution in [2.24, 2.45) is 0 Å². The van der Waals surface area contributed by atoms with Gasteiger partial charge in [0.05, 0.1) is 18.2 Å². The van der Waals surface area contributed by atoms with Gasteiger partial charge in [0.25, 0.3) is 0 Å². The predicted molar refractivity (Wildman–Crippen MR) is 58.9 cm³/mol. The summed E-state index contributed by atoms with van der Waals surface area (Å²) in [4.78, 5) is 11.1. The van der Waals surface area contributed by atoms with Crippen LogP contribution in [0.3, 0.4) is 0 Å². The van der Waals surface area contributed by atoms with E-state index in [9.17, 15) is 18.0 Å². The van der Waals surface area contributed by atoms with Gasteiger partial charge in [-0.05, 0) is 19.1 Å². The second-order valence-electron chi connectivity index (χ2n) is 3.04. The minimum Gasteiger partial charge on any atom is -0.465 e. The fourth-order valence-corrected chi connectivity index (χ4v) is 1.18. The number of ether oxygens (including phenoxy) is 1. The number of aryl methyl sites for hydroxylation is 1. The number of carbonyl (C=O) groups excluding carboxylic acids is 1. The van der Waals surface area contributed by atoms with E-state index in [0.717, 1.165) is 19.2 Å². The highest BCUT2D eigenvalue weighted by atomic mass is 19.4. The van der Waals surface area contributed by atoms with Crippen molar-refractivity contribution < 1.29 is 22.7 Å². The van der Waals surface area contributed by atoms with Crippen molar-refractivity contribution in [3.8, 4) is 0 Å². The average molecular weight is 248 g/mol. The monoisotopic (exact) mass is 248 g/mol. The number of rotatable bonds is 1. The summed E-state index contributed by atoms with van der Waals surface area (Å²) in [6, 6.07) is 3.47. The molecule has 0 saturated carbocycles. The van der Waals surface area contributed by atoms with Crippen LogP contribution in [0.1, 0.15) is 35.3 Å². The number of methoxy groups -OCH3 is 1. The SMILES string of the molecule is CC.COC(=O)c1ccc(C)cc1C(F)(F)F. The number of carbonyl (C=O) groups is 1. The lowest BCUT2D eigenvalue weighted by Gasteiger charge is -2.11. The predicted octanol–water partition coefficient (Wildman–Crippen LogP) is 3.83. The van der Waals surface area contributed by atoms with Gasteiger partial charge in [-0.1, -0.05) is 25.5 Å². The smallest absolute Gasteiger partial charge is 0.417 e. The Morgan fingerprint density at radius 1 is 1.24 bits per heavy atom. The normalized spacial score (nSPS) is 10.3. The molecule has 1 aromatic carbocycles. The summed E-state index contributed by atoms with van der Waals surface area (Å²) >= 11 is 0. The summed E-state index contributed by atoms with van der Waals surface area (Å²) in [5, 5.41) is 0. The highest BCUT2D eigenvalue weighted by Gasteiger charge is 2.35. The average Bonchev–Trinajstić information content (AvgIpc) is 2.29. The quantitative estimate of drug-likeness (QED) is 0.706. The molecule has 0 atom stereocenters. The first-order valence-corrected chi connectivity index (χ1v) is 5.12. The van der Waals surface area contributed by atoms with E-state index in [0.29, 0.717) is 5.56 Å². The molecule has 0 heterocycles. The molecule has 0 saturated heterocycles. The fourth-order valence-electron chi connectivity index (χ4n) is 1.18. The summed E-state index contributed by atoms with van der Waals surface area (Å²) in [5.74, 6) is -0.984. The minimum absolute atomic E-state index is 0.440. The maximum absolute atomic E-state index is 12.5. The van der Waals surface area contributed by atoms with Crippen LogP contribution in [-0.4, -0.2) is 13.1 Å². The Hall–Kier alpha value is -1.52. The third-order valence-corrected chi connectivity index (χ3v) is 1.89. The summed E-state index contributed by atoms with van der Waals surface area (Å²) in [6.07, 6.45) is -4.55. The molecule has 0 fully saturated rings. The number of hydrogen-bond acceptors (Lipinski definition) is 2. The number of benzene rings is 1. The van der Waals surface area contributed by atoms with Gasteiger partial charge in [0, 0.05) is 0 Å². The Labute approximate surface area is 98.4 Å². The molecule has 0 aromatic heterocycles. The van der Waals surface area contributed by atoms with Crippen LogP contribution in [0.2, 0.25) is 0 Å². The van der Waals surface area contributed by atoms with Crippen molar-refractivity contribution in [3.63, 3.8) is 0 Å². The third kappa shape index (κ3) is 4.09. The molecule has 0 aliphatic rings. The van der Waals surface area contributed by atoms with Gasteiger partial charge in [-0.25, -0.2) is 4.79 Å². The molecule has 0 unspecified atom stereocenters. The zero-order valence-electron chi connectivity index (χ0n) is 10.2. The zero-order valence-corrected chi connectivity index (χ0v) is 10.2. The first-order valence-electron chi connectivity index (χ1n) is 5.12. The van der Waals surface area contributed by atoms with Crippen molar-refractivity contribution in [1.29, 1.82) is 0 Å². The standard InChI is InChI=1S/C10H9F3O2.C2H6/c1-6-3-4-7(9(14)15-2)8(5-6)10(11,12)13;1-2/h3-5H,1-2H3;1-2H3. The maximum Gasteiger partial charge on any atom is 0.417 e. The first-order chi connectivity index (χ1) is 7.86. The lowest BCUT2D eigenvalue weighted by molar-refractivity contribution is -0.138. The van der Waals surface area contributed by atoms with E-state index < -0.39 is 23.3 Å². The Balaban J connectivity index is 0.00000121. The Kier molecular flexibility index (Phi) is 5.71. The minimum atomic E-state index is -4.55. The van der Waals surface area contributed by atoms with E-state index in [1.807, 2.05) is 13.8 Å². The Bertz CT molecular complexity index is 384. The van der Waals surface area contributed by atoms with Crippen LogP contribution in [0.25, 0.3) is 0 Å². The third-order valence-electron chi connectivity index (χ3n) is 1.89. The summed E-state index contributed by atoms with van der Waals surface area (Å²) in [5.41, 5.74) is -0.986. The fraction of sp³-hybridized carbons (Fsp3) is 0.417. The number of hydrogen-bond donors (Lipinski definition) is 0. The molecular formula is C12H15F3O2. The van der Waals surface area contributed by atoms with Crippen LogP contribution in [0.4, 0.5) is 13.2 Å². The van der Waals surface area contributed by atoms with E-state index >= 15 is 0 Å². The highest BCUT2D eigenvalue weighted by Crippen LogP contribution is 2.32. The van der Waals surface area contributed by atoms with Gasteiger partial charge in [0.1, 0.15) is 0 Å². The molecule has 5 heteroatoms. The zero-order chi connectivity index (χ0) is 13.6. The van der Waals surface area contributed by atoms with Gasteiger partial charge in [0.2, 0.25) is 0 Å². The van der Waals surface area contributed by atoms with Crippen LogP contribution in [0.15, 0.2) is 18.2 Å². The molecule has 0 aliphatic heterocycles. The van der Waals surface area contributed by atoms with Crippen molar-refractivity contribution >= 4 is 5.97 Å². The van der Waals surface area contributed by atoms with Crippen LogP contribution < -0.4 is 0 Å². The second kappa shape index (κ2) is 6.27. The van der Waals surface area contributed by atoms with Crippen LogP contribution in [0, 0.1) is 6.92 Å². The molecule has 0 spiro atoms. The lowest BCUT2D eigenvalue weighted by Crippen LogP contribution is -2.14. The van der Waals surface area contributed by atoms with E-state index in [1.165, 1.54) is 13.0 Å². The van der Waals surface area contributed by atoms with Gasteiger partial charge >= 0.3 is 12.1 Å². The maximum atomic E-state index is 12.5. The number of alkyl halides is 3. The highest BCUT2D eigenvalue weighted by molar-refractivity contribution is 5.91. The molecule has 1 rings (SSSR count). The van der Waals surface area contributed by atoms with Crippen molar-refractivity contribution in [3.05, 3.63) is 34.9 Å². The van der Waals surface area contributed by atoms with Gasteiger partial charge in [-0.3, -0.25) is 0 Å². The molecular weight excluding hydrogens is 233 g/mol. The first kappa shape index (κ1) is 15.5. The Morgan fingerprint density at radius 2 is 1.76 bits per heavy atom. The molecule has 0 N–H and O–H groups in total. The second-order valence-corrected chi connectivity index (χ2v) is 3.04. The molecule has 0 radical (unpaired) electrons. The summed E-state index contributed by atoms with van der Waals surface area (Å²) in [7, 11) is 1.04. The molecule has 0 aliphatic carbocycles. The summed E-state index contributed by atoms with van der Waals surface area (Å²) < 4.78 is 41.8. The number of halogens is 3. The van der Waals surface area contributed by atoms with Crippen LogP contribution in [0.5, 0.6) is 0 Å². The van der Waals surface area contributed by atoms with E-state index in [2.05, 4.69) is 4.74 Å².